The van der Waals surface area contributed by atoms with E-state index in [1.165, 1.54) is 6.92 Å². The Balaban J connectivity index is 1.73. The third-order valence-electron chi connectivity index (χ3n) is 3.86. The van der Waals surface area contributed by atoms with Crippen molar-refractivity contribution >= 4 is 22.7 Å². The normalized spacial score (nSPS) is 13.4. The number of nitrogens with one attached hydrogen (secondary N) is 1. The van der Waals surface area contributed by atoms with Crippen LogP contribution in [0.25, 0.3) is 10.9 Å². The number of esters is 1. The largest absolute Gasteiger partial charge is 0.452 e. The lowest BCUT2D eigenvalue weighted by atomic mass is 10.1. The van der Waals surface area contributed by atoms with Gasteiger partial charge in [0.1, 0.15) is 0 Å². The number of carbonyl (C=O) groups excluding carboxylic acids is 2. The molecule has 5 heteroatoms. The van der Waals surface area contributed by atoms with Gasteiger partial charge in [0.15, 0.2) is 12.2 Å². The molecule has 0 aliphatic rings. The van der Waals surface area contributed by atoms with Crippen LogP contribution in [0, 0.1) is 0 Å². The van der Waals surface area contributed by atoms with Crippen LogP contribution < -0.4 is 0 Å². The van der Waals surface area contributed by atoms with Gasteiger partial charge in [-0.25, -0.2) is 4.79 Å². The fourth-order valence-corrected chi connectivity index (χ4v) is 2.56. The summed E-state index contributed by atoms with van der Waals surface area (Å²) in [4.78, 5) is 27.6. The zero-order valence-electron chi connectivity index (χ0n) is 13.1. The third-order valence-corrected chi connectivity index (χ3v) is 3.86. The van der Waals surface area contributed by atoms with Crippen LogP contribution in [-0.4, -0.2) is 27.9 Å². The third kappa shape index (κ3) is 3.07. The van der Waals surface area contributed by atoms with Crippen molar-refractivity contribution in [3.8, 4) is 0 Å². The summed E-state index contributed by atoms with van der Waals surface area (Å²) in [5.41, 5.74) is 1.72. The van der Waals surface area contributed by atoms with Crippen molar-refractivity contribution in [2.45, 2.75) is 19.1 Å². The van der Waals surface area contributed by atoms with E-state index in [0.29, 0.717) is 11.1 Å². The highest BCUT2D eigenvalue weighted by Crippen LogP contribution is 2.21. The summed E-state index contributed by atoms with van der Waals surface area (Å²) >= 11 is 0. The monoisotopic (exact) mass is 323 g/mol. The molecule has 1 aromatic heterocycles. The number of aliphatic hydroxyl groups excluding tert-OH is 1. The first-order valence-corrected chi connectivity index (χ1v) is 7.62. The number of ketones is 1. The van der Waals surface area contributed by atoms with Gasteiger partial charge in [-0.1, -0.05) is 48.5 Å². The molecule has 3 rings (SSSR count). The van der Waals surface area contributed by atoms with Crippen LogP contribution in [0.3, 0.4) is 0 Å². The molecule has 2 atom stereocenters. The number of aliphatic hydroxyl groups is 1. The second-order valence-electron chi connectivity index (χ2n) is 5.50. The molecule has 0 radical (unpaired) electrons. The van der Waals surface area contributed by atoms with Gasteiger partial charge in [0.05, 0.1) is 0 Å². The number of ether oxygens (including phenoxy) is 1. The molecular weight excluding hydrogens is 306 g/mol. The lowest BCUT2D eigenvalue weighted by Gasteiger charge is -2.15. The minimum absolute atomic E-state index is 0.318. The molecular formula is C19H17NO4. The van der Waals surface area contributed by atoms with Gasteiger partial charge in [0.25, 0.3) is 0 Å². The average Bonchev–Trinajstić information content (AvgIpc) is 3.05. The Morgan fingerprint density at radius 1 is 1.04 bits per heavy atom. The molecule has 0 saturated heterocycles. The highest BCUT2D eigenvalue weighted by molar-refractivity contribution is 6.10. The van der Waals surface area contributed by atoms with Crippen molar-refractivity contribution in [3.63, 3.8) is 0 Å². The van der Waals surface area contributed by atoms with Gasteiger partial charge in [-0.05, 0) is 18.6 Å². The maximum atomic E-state index is 12.5. The summed E-state index contributed by atoms with van der Waals surface area (Å²) in [5, 5.41) is 10.8. The number of rotatable bonds is 5. The van der Waals surface area contributed by atoms with Crippen molar-refractivity contribution in [1.82, 2.24) is 4.98 Å². The fourth-order valence-electron chi connectivity index (χ4n) is 2.56. The zero-order chi connectivity index (χ0) is 17.1. The lowest BCUT2D eigenvalue weighted by molar-refractivity contribution is -0.156. The molecule has 122 valence electrons. The zero-order valence-corrected chi connectivity index (χ0v) is 13.1. The standard InChI is InChI=1S/C19H17NO4/c1-12(24-19(23)18(22)13-7-3-2-4-8-13)17(21)15-11-20-16-10-6-5-9-14(15)16/h2-12,18,20,22H,1H3/t12-,18+/m1/s1. The number of hydrogen-bond donors (Lipinski definition) is 2. The van der Waals surface area contributed by atoms with Crippen LogP contribution in [0.1, 0.15) is 28.9 Å². The van der Waals surface area contributed by atoms with E-state index in [2.05, 4.69) is 4.98 Å². The van der Waals surface area contributed by atoms with Crippen molar-refractivity contribution in [2.24, 2.45) is 0 Å². The maximum Gasteiger partial charge on any atom is 0.340 e. The molecule has 2 aromatic carbocycles. The first-order chi connectivity index (χ1) is 11.6. The number of para-hydroxylation sites is 1. The number of carbonyl (C=O) groups is 2. The van der Waals surface area contributed by atoms with E-state index in [4.69, 9.17) is 4.74 Å². The quantitative estimate of drug-likeness (QED) is 0.559. The predicted molar refractivity (Wildman–Crippen MR) is 89.6 cm³/mol. The molecule has 1 heterocycles. The van der Waals surface area contributed by atoms with E-state index in [0.717, 1.165) is 10.9 Å². The molecule has 0 aliphatic heterocycles. The summed E-state index contributed by atoms with van der Waals surface area (Å²) in [7, 11) is 0. The van der Waals surface area contributed by atoms with Gasteiger partial charge < -0.3 is 14.8 Å². The summed E-state index contributed by atoms with van der Waals surface area (Å²) in [6, 6.07) is 15.9. The summed E-state index contributed by atoms with van der Waals surface area (Å²) in [5.74, 6) is -1.16. The minimum Gasteiger partial charge on any atom is -0.452 e. The number of aromatic amines is 1. The van der Waals surface area contributed by atoms with Crippen LogP contribution in [0.5, 0.6) is 0 Å². The number of Topliss-reactive ketones (excluding diaryl/α,β-unsaturated/α-hetero) is 1. The molecule has 0 unspecified atom stereocenters. The Morgan fingerprint density at radius 3 is 2.46 bits per heavy atom. The summed E-state index contributed by atoms with van der Waals surface area (Å²) in [6.07, 6.45) is -0.801. The van der Waals surface area contributed by atoms with Crippen LogP contribution in [0.4, 0.5) is 0 Å². The highest BCUT2D eigenvalue weighted by atomic mass is 16.6. The number of fused-ring (bicyclic) bond motifs is 1. The van der Waals surface area contributed by atoms with Gasteiger partial charge >= 0.3 is 5.97 Å². The van der Waals surface area contributed by atoms with Gasteiger partial charge in [-0.15, -0.1) is 0 Å². The molecule has 0 amide bonds. The van der Waals surface area contributed by atoms with Crippen molar-refractivity contribution in [2.75, 3.05) is 0 Å². The predicted octanol–water partition coefficient (Wildman–Crippen LogP) is 3.02. The number of benzene rings is 2. The topological polar surface area (TPSA) is 79.4 Å². The molecule has 0 fully saturated rings. The van der Waals surface area contributed by atoms with Crippen LogP contribution in [0.2, 0.25) is 0 Å². The molecule has 0 bridgehead atoms. The summed E-state index contributed by atoms with van der Waals surface area (Å²) < 4.78 is 5.15. The fraction of sp³-hybridized carbons (Fsp3) is 0.158. The maximum absolute atomic E-state index is 12.5. The molecule has 24 heavy (non-hydrogen) atoms. The summed E-state index contributed by atoms with van der Waals surface area (Å²) in [6.45, 7) is 1.50. The molecule has 3 aromatic rings. The average molecular weight is 323 g/mol. The smallest absolute Gasteiger partial charge is 0.340 e. The Morgan fingerprint density at radius 2 is 1.71 bits per heavy atom. The van der Waals surface area contributed by atoms with Crippen molar-refractivity contribution < 1.29 is 19.4 Å². The second-order valence-corrected chi connectivity index (χ2v) is 5.50. The lowest BCUT2D eigenvalue weighted by Crippen LogP contribution is -2.27. The molecule has 0 aliphatic carbocycles. The molecule has 0 spiro atoms. The van der Waals surface area contributed by atoms with Crippen LogP contribution >= 0.6 is 0 Å². The number of H-pyrrole nitrogens is 1. The second kappa shape index (κ2) is 6.68. The van der Waals surface area contributed by atoms with Gasteiger partial charge in [-0.3, -0.25) is 4.79 Å². The molecule has 0 saturated carbocycles. The number of aromatic nitrogens is 1. The van der Waals surface area contributed by atoms with E-state index >= 15 is 0 Å². The Hall–Kier alpha value is -2.92. The Labute approximate surface area is 138 Å². The first kappa shape index (κ1) is 16.0. The highest BCUT2D eigenvalue weighted by Gasteiger charge is 2.26. The van der Waals surface area contributed by atoms with Crippen LogP contribution in [0.15, 0.2) is 60.8 Å². The Kier molecular flexibility index (Phi) is 4.44. The first-order valence-electron chi connectivity index (χ1n) is 7.62. The number of hydrogen-bond acceptors (Lipinski definition) is 4. The van der Waals surface area contributed by atoms with Crippen molar-refractivity contribution in [3.05, 3.63) is 71.9 Å². The van der Waals surface area contributed by atoms with E-state index in [-0.39, 0.29) is 5.78 Å². The Bertz CT molecular complexity index is 869. The molecule has 2 N–H and O–H groups in total. The van der Waals surface area contributed by atoms with Gasteiger partial charge in [-0.2, -0.15) is 0 Å². The van der Waals surface area contributed by atoms with Crippen molar-refractivity contribution in [1.29, 1.82) is 0 Å². The van der Waals surface area contributed by atoms with E-state index in [1.54, 1.807) is 36.5 Å². The van der Waals surface area contributed by atoms with Gasteiger partial charge in [0, 0.05) is 22.7 Å². The SMILES string of the molecule is C[C@@H](OC(=O)[C@@H](O)c1ccccc1)C(=O)c1c[nH]c2ccccc12. The molecule has 5 nitrogen and oxygen atoms in total. The van der Waals surface area contributed by atoms with E-state index in [9.17, 15) is 14.7 Å². The van der Waals surface area contributed by atoms with E-state index < -0.39 is 18.2 Å². The minimum atomic E-state index is -1.41. The van der Waals surface area contributed by atoms with Crippen LogP contribution in [-0.2, 0) is 9.53 Å². The van der Waals surface area contributed by atoms with E-state index in [1.807, 2.05) is 24.3 Å². The van der Waals surface area contributed by atoms with Gasteiger partial charge in [0.2, 0.25) is 5.78 Å².